The molecule has 0 aliphatic heterocycles. The highest BCUT2D eigenvalue weighted by atomic mass is 32.2. The molecule has 27 heavy (non-hydrogen) atoms. The Kier molecular flexibility index (Phi) is 6.18. The lowest BCUT2D eigenvalue weighted by atomic mass is 10.1. The van der Waals surface area contributed by atoms with Crippen LogP contribution in [0.5, 0.6) is 5.75 Å². The number of aromatic nitrogens is 2. The maximum atomic E-state index is 11.9. The second kappa shape index (κ2) is 8.77. The number of carbonyl (C=O) groups excluding carboxylic acids is 1. The Hall–Kier alpha value is -2.74. The molecule has 1 amide bonds. The topological polar surface area (TPSA) is 90.4 Å². The van der Waals surface area contributed by atoms with E-state index in [-0.39, 0.29) is 11.7 Å². The second-order valence-corrected chi connectivity index (χ2v) is 6.95. The second-order valence-electron chi connectivity index (χ2n) is 6.02. The fourth-order valence-electron chi connectivity index (χ4n) is 2.47. The van der Waals surface area contributed by atoms with Gasteiger partial charge >= 0.3 is 0 Å². The van der Waals surface area contributed by atoms with Gasteiger partial charge in [0.2, 0.25) is 5.91 Å². The summed E-state index contributed by atoms with van der Waals surface area (Å²) in [5.74, 6) is 1.98. The summed E-state index contributed by atoms with van der Waals surface area (Å²) in [5.41, 5.74) is 3.02. The van der Waals surface area contributed by atoms with Crippen LogP contribution in [0.25, 0.3) is 11.5 Å². The van der Waals surface area contributed by atoms with E-state index in [0.29, 0.717) is 30.0 Å². The average molecular weight is 387 g/mol. The lowest BCUT2D eigenvalue weighted by molar-refractivity contribution is -0.118. The minimum absolute atomic E-state index is 0.122. The highest BCUT2D eigenvalue weighted by molar-refractivity contribution is 7.99. The Labute approximate surface area is 161 Å². The molecule has 0 radical (unpaired) electrons. The summed E-state index contributed by atoms with van der Waals surface area (Å²) in [6, 6.07) is 7.77. The highest BCUT2D eigenvalue weighted by Gasteiger charge is 2.14. The Morgan fingerprint density at radius 3 is 2.81 bits per heavy atom. The number of hydrogen-bond donors (Lipinski definition) is 1. The van der Waals surface area contributed by atoms with Crippen LogP contribution >= 0.6 is 11.8 Å². The van der Waals surface area contributed by atoms with E-state index in [4.69, 9.17) is 13.6 Å². The third kappa shape index (κ3) is 5.13. The van der Waals surface area contributed by atoms with E-state index in [9.17, 15) is 4.79 Å². The van der Waals surface area contributed by atoms with Crippen LogP contribution in [0.15, 0.2) is 44.6 Å². The molecule has 1 aromatic carbocycles. The molecule has 7 nitrogen and oxygen atoms in total. The molecule has 3 aromatic rings. The molecular formula is C19H21N3O4S. The number of rotatable bonds is 8. The molecule has 2 aromatic heterocycles. The van der Waals surface area contributed by atoms with Crippen LogP contribution < -0.4 is 10.1 Å². The van der Waals surface area contributed by atoms with Crippen LogP contribution in [0.4, 0.5) is 0 Å². The van der Waals surface area contributed by atoms with Gasteiger partial charge in [0.25, 0.3) is 11.1 Å². The van der Waals surface area contributed by atoms with Gasteiger partial charge in [-0.05, 0) is 38.5 Å². The molecule has 0 saturated carbocycles. The van der Waals surface area contributed by atoms with Crippen molar-refractivity contribution in [3.63, 3.8) is 0 Å². The van der Waals surface area contributed by atoms with Crippen molar-refractivity contribution in [1.82, 2.24) is 15.5 Å². The van der Waals surface area contributed by atoms with Gasteiger partial charge in [-0.3, -0.25) is 4.79 Å². The van der Waals surface area contributed by atoms with Gasteiger partial charge in [0.05, 0.1) is 24.1 Å². The van der Waals surface area contributed by atoms with Crippen molar-refractivity contribution in [2.45, 2.75) is 26.0 Å². The smallest absolute Gasteiger partial charge is 0.277 e. The number of hydrogen-bond acceptors (Lipinski definition) is 7. The molecule has 2 heterocycles. The van der Waals surface area contributed by atoms with Gasteiger partial charge in [-0.15, -0.1) is 10.2 Å². The molecular weight excluding hydrogens is 366 g/mol. The summed E-state index contributed by atoms with van der Waals surface area (Å²) < 4.78 is 16.4. The molecule has 0 fully saturated rings. The first-order valence-electron chi connectivity index (χ1n) is 8.50. The predicted molar refractivity (Wildman–Crippen MR) is 102 cm³/mol. The van der Waals surface area contributed by atoms with E-state index in [1.165, 1.54) is 17.3 Å². The fourth-order valence-corrected chi connectivity index (χ4v) is 3.07. The third-order valence-corrected chi connectivity index (χ3v) is 4.65. The summed E-state index contributed by atoms with van der Waals surface area (Å²) in [4.78, 5) is 11.9. The normalized spacial score (nSPS) is 10.8. The number of benzene rings is 1. The van der Waals surface area contributed by atoms with E-state index in [1.54, 1.807) is 12.3 Å². The van der Waals surface area contributed by atoms with Crippen LogP contribution in [0, 0.1) is 20.8 Å². The summed E-state index contributed by atoms with van der Waals surface area (Å²) in [6.07, 6.45) is 1.56. The lowest BCUT2D eigenvalue weighted by Crippen LogP contribution is -2.29. The first kappa shape index (κ1) is 19.0. The summed E-state index contributed by atoms with van der Waals surface area (Å²) in [6.45, 7) is 6.69. The predicted octanol–water partition coefficient (Wildman–Crippen LogP) is 3.54. The Bertz CT molecular complexity index is 919. The first-order chi connectivity index (χ1) is 13.0. The number of nitrogens with one attached hydrogen (secondary N) is 1. The zero-order valence-electron chi connectivity index (χ0n) is 15.4. The molecule has 0 saturated heterocycles. The maximum Gasteiger partial charge on any atom is 0.277 e. The van der Waals surface area contributed by atoms with Crippen LogP contribution in [-0.2, 0) is 4.79 Å². The molecule has 1 N–H and O–H groups in total. The van der Waals surface area contributed by atoms with Crippen molar-refractivity contribution in [3.05, 3.63) is 47.4 Å². The standard InChI is InChI=1S/C19H21N3O4S/c1-12-4-5-16(13(2)10-12)25-9-7-20-17(23)11-27-19-22-21-18(26-19)15-6-8-24-14(15)3/h4-6,8,10H,7,9,11H2,1-3H3,(H,20,23). The molecule has 0 unspecified atom stereocenters. The minimum Gasteiger partial charge on any atom is -0.491 e. The lowest BCUT2D eigenvalue weighted by Gasteiger charge is -2.10. The molecule has 0 atom stereocenters. The molecule has 0 aliphatic carbocycles. The van der Waals surface area contributed by atoms with E-state index >= 15 is 0 Å². The fraction of sp³-hybridized carbons (Fsp3) is 0.316. The third-order valence-electron chi connectivity index (χ3n) is 3.83. The van der Waals surface area contributed by atoms with Crippen LogP contribution in [0.1, 0.15) is 16.9 Å². The monoisotopic (exact) mass is 387 g/mol. The van der Waals surface area contributed by atoms with Gasteiger partial charge < -0.3 is 18.9 Å². The zero-order valence-corrected chi connectivity index (χ0v) is 16.3. The van der Waals surface area contributed by atoms with Gasteiger partial charge in [-0.2, -0.15) is 0 Å². The SMILES string of the molecule is Cc1ccc(OCCNC(=O)CSc2nnc(-c3ccoc3C)o2)c(C)c1. The molecule has 0 aliphatic rings. The van der Waals surface area contributed by atoms with Crippen molar-refractivity contribution in [1.29, 1.82) is 0 Å². The number of furan rings is 1. The van der Waals surface area contributed by atoms with Crippen molar-refractivity contribution in [2.75, 3.05) is 18.9 Å². The molecule has 8 heteroatoms. The van der Waals surface area contributed by atoms with E-state index in [0.717, 1.165) is 16.9 Å². The highest BCUT2D eigenvalue weighted by Crippen LogP contribution is 2.26. The number of amides is 1. The van der Waals surface area contributed by atoms with Gasteiger partial charge in [0, 0.05) is 0 Å². The number of thioether (sulfide) groups is 1. The number of aryl methyl sites for hydroxylation is 3. The van der Waals surface area contributed by atoms with Crippen LogP contribution in [-0.4, -0.2) is 35.0 Å². The minimum atomic E-state index is -0.122. The molecule has 0 bridgehead atoms. The van der Waals surface area contributed by atoms with Crippen LogP contribution in [0.3, 0.4) is 0 Å². The average Bonchev–Trinajstić information content (AvgIpc) is 3.27. The number of ether oxygens (including phenoxy) is 1. The van der Waals surface area contributed by atoms with Gasteiger partial charge in [-0.1, -0.05) is 29.5 Å². The Morgan fingerprint density at radius 2 is 2.07 bits per heavy atom. The van der Waals surface area contributed by atoms with Crippen molar-refractivity contribution >= 4 is 17.7 Å². The maximum absolute atomic E-state index is 11.9. The first-order valence-corrected chi connectivity index (χ1v) is 9.49. The van der Waals surface area contributed by atoms with Crippen molar-refractivity contribution in [3.8, 4) is 17.2 Å². The summed E-state index contributed by atoms with van der Waals surface area (Å²) in [7, 11) is 0. The quantitative estimate of drug-likeness (QED) is 0.467. The number of nitrogens with zero attached hydrogens (tertiary/aromatic N) is 2. The van der Waals surface area contributed by atoms with Crippen molar-refractivity contribution < 1.29 is 18.4 Å². The molecule has 0 spiro atoms. The largest absolute Gasteiger partial charge is 0.491 e. The summed E-state index contributed by atoms with van der Waals surface area (Å²) >= 11 is 1.19. The molecule has 3 rings (SSSR count). The Morgan fingerprint density at radius 1 is 1.22 bits per heavy atom. The van der Waals surface area contributed by atoms with Crippen molar-refractivity contribution in [2.24, 2.45) is 0 Å². The molecule has 142 valence electrons. The van der Waals surface area contributed by atoms with Gasteiger partial charge in [0.15, 0.2) is 0 Å². The van der Waals surface area contributed by atoms with E-state index < -0.39 is 0 Å². The van der Waals surface area contributed by atoms with Gasteiger partial charge in [-0.25, -0.2) is 0 Å². The van der Waals surface area contributed by atoms with E-state index in [2.05, 4.69) is 21.6 Å². The van der Waals surface area contributed by atoms with Crippen LogP contribution in [0.2, 0.25) is 0 Å². The van der Waals surface area contributed by atoms with Gasteiger partial charge in [0.1, 0.15) is 18.1 Å². The van der Waals surface area contributed by atoms with E-state index in [1.807, 2.05) is 32.9 Å². The summed E-state index contributed by atoms with van der Waals surface area (Å²) in [5, 5.41) is 11.1. The number of carbonyl (C=O) groups is 1. The zero-order chi connectivity index (χ0) is 19.2. The Balaban J connectivity index is 1.39.